The SMILES string of the molecule is COC(=O)c1cccc(Nc2nc(Oc3ccccc3)nc(Oc3ccc(C=O)cc3OC)n2)c1. The number of esters is 1. The Morgan fingerprint density at radius 3 is 2.31 bits per heavy atom. The van der Waals surface area contributed by atoms with E-state index in [2.05, 4.69) is 20.3 Å². The maximum Gasteiger partial charge on any atom is 0.337 e. The minimum absolute atomic E-state index is 0.0312. The molecular weight excluding hydrogens is 452 g/mol. The van der Waals surface area contributed by atoms with E-state index in [1.807, 2.05) is 18.2 Å². The quantitative estimate of drug-likeness (QED) is 0.268. The highest BCUT2D eigenvalue weighted by Crippen LogP contribution is 2.32. The van der Waals surface area contributed by atoms with Crippen LogP contribution >= 0.6 is 0 Å². The van der Waals surface area contributed by atoms with Gasteiger partial charge in [-0.05, 0) is 48.5 Å². The van der Waals surface area contributed by atoms with Crippen molar-refractivity contribution in [3.63, 3.8) is 0 Å². The summed E-state index contributed by atoms with van der Waals surface area (Å²) in [5.74, 6) is 0.740. The molecule has 0 bridgehead atoms. The molecule has 0 aliphatic rings. The molecule has 0 saturated heterocycles. The number of nitrogens with zero attached hydrogens (tertiary/aromatic N) is 3. The summed E-state index contributed by atoms with van der Waals surface area (Å²) in [7, 11) is 2.76. The number of nitrogens with one attached hydrogen (secondary N) is 1. The molecule has 35 heavy (non-hydrogen) atoms. The molecule has 0 aliphatic heterocycles. The van der Waals surface area contributed by atoms with E-state index in [0.717, 1.165) is 0 Å². The van der Waals surface area contributed by atoms with Crippen molar-refractivity contribution < 1.29 is 28.5 Å². The van der Waals surface area contributed by atoms with Crippen LogP contribution in [0.25, 0.3) is 0 Å². The average Bonchev–Trinajstić information content (AvgIpc) is 2.89. The maximum absolute atomic E-state index is 11.9. The number of anilines is 2. The molecule has 1 N–H and O–H groups in total. The van der Waals surface area contributed by atoms with Gasteiger partial charge in [0, 0.05) is 11.3 Å². The number of carbonyl (C=O) groups is 2. The highest BCUT2D eigenvalue weighted by molar-refractivity contribution is 5.90. The molecular formula is C25H20N4O6. The predicted molar refractivity (Wildman–Crippen MR) is 126 cm³/mol. The molecule has 0 fully saturated rings. The third-order valence-corrected chi connectivity index (χ3v) is 4.61. The number of aldehydes is 1. The molecule has 0 spiro atoms. The molecule has 0 saturated carbocycles. The van der Waals surface area contributed by atoms with E-state index < -0.39 is 5.97 Å². The van der Waals surface area contributed by atoms with Gasteiger partial charge in [-0.15, -0.1) is 4.98 Å². The molecule has 0 aliphatic carbocycles. The zero-order valence-corrected chi connectivity index (χ0v) is 18.8. The van der Waals surface area contributed by atoms with Gasteiger partial charge in [-0.1, -0.05) is 24.3 Å². The molecule has 176 valence electrons. The van der Waals surface area contributed by atoms with Crippen molar-refractivity contribution in [3.05, 3.63) is 83.9 Å². The standard InChI is InChI=1S/C25H20N4O6/c1-32-21-13-16(15-30)11-12-20(21)35-25-28-23(26-18-8-6-7-17(14-18)22(31)33-2)27-24(29-25)34-19-9-4-3-5-10-19/h3-15H,1-2H3,(H,26,27,28,29). The van der Waals surface area contributed by atoms with Gasteiger partial charge in [-0.25, -0.2) is 4.79 Å². The first-order valence-corrected chi connectivity index (χ1v) is 10.3. The van der Waals surface area contributed by atoms with Gasteiger partial charge in [0.15, 0.2) is 11.5 Å². The lowest BCUT2D eigenvalue weighted by Gasteiger charge is -2.12. The minimum Gasteiger partial charge on any atom is -0.493 e. The predicted octanol–water partition coefficient (Wildman–Crippen LogP) is 4.81. The summed E-state index contributed by atoms with van der Waals surface area (Å²) < 4.78 is 21.7. The average molecular weight is 472 g/mol. The van der Waals surface area contributed by atoms with Crippen LogP contribution in [0.1, 0.15) is 20.7 Å². The number of methoxy groups -OCH3 is 2. The molecule has 0 atom stereocenters. The van der Waals surface area contributed by atoms with Crippen molar-refractivity contribution in [1.29, 1.82) is 0 Å². The van der Waals surface area contributed by atoms with Gasteiger partial charge in [0.05, 0.1) is 19.8 Å². The summed E-state index contributed by atoms with van der Waals surface area (Å²) in [6.45, 7) is 0. The largest absolute Gasteiger partial charge is 0.493 e. The Kier molecular flexibility index (Phi) is 7.12. The number of ether oxygens (including phenoxy) is 4. The Morgan fingerprint density at radius 2 is 1.60 bits per heavy atom. The van der Waals surface area contributed by atoms with Gasteiger partial charge in [-0.2, -0.15) is 9.97 Å². The summed E-state index contributed by atoms with van der Waals surface area (Å²) in [4.78, 5) is 35.8. The van der Waals surface area contributed by atoms with Crippen LogP contribution in [0.3, 0.4) is 0 Å². The van der Waals surface area contributed by atoms with Crippen molar-refractivity contribution in [2.24, 2.45) is 0 Å². The van der Waals surface area contributed by atoms with E-state index in [-0.39, 0.29) is 23.7 Å². The Labute approximate surface area is 200 Å². The normalized spacial score (nSPS) is 10.2. The number of para-hydroxylation sites is 1. The second-order valence-electron chi connectivity index (χ2n) is 6.97. The summed E-state index contributed by atoms with van der Waals surface area (Å²) in [5.41, 5.74) is 1.30. The van der Waals surface area contributed by atoms with E-state index in [9.17, 15) is 9.59 Å². The van der Waals surface area contributed by atoms with E-state index in [0.29, 0.717) is 34.6 Å². The highest BCUT2D eigenvalue weighted by Gasteiger charge is 2.15. The molecule has 0 unspecified atom stereocenters. The fraction of sp³-hybridized carbons (Fsp3) is 0.0800. The Morgan fingerprint density at radius 1 is 0.829 bits per heavy atom. The van der Waals surface area contributed by atoms with E-state index >= 15 is 0 Å². The summed E-state index contributed by atoms with van der Waals surface area (Å²) in [6.07, 6.45) is 0.700. The summed E-state index contributed by atoms with van der Waals surface area (Å²) in [5, 5.41) is 3.01. The molecule has 3 aromatic carbocycles. The molecule has 0 amide bonds. The summed E-state index contributed by atoms with van der Waals surface area (Å²) in [6, 6.07) is 20.2. The lowest BCUT2D eigenvalue weighted by Crippen LogP contribution is -2.05. The highest BCUT2D eigenvalue weighted by atomic mass is 16.5. The Balaban J connectivity index is 1.68. The van der Waals surface area contributed by atoms with Gasteiger partial charge >= 0.3 is 18.0 Å². The van der Waals surface area contributed by atoms with Crippen LogP contribution in [0.2, 0.25) is 0 Å². The molecule has 1 aromatic heterocycles. The van der Waals surface area contributed by atoms with Crippen molar-refractivity contribution in [2.75, 3.05) is 19.5 Å². The fourth-order valence-corrected chi connectivity index (χ4v) is 2.99. The zero-order chi connectivity index (χ0) is 24.6. The van der Waals surface area contributed by atoms with Crippen molar-refractivity contribution >= 4 is 23.9 Å². The maximum atomic E-state index is 11.9. The number of hydrogen-bond donors (Lipinski definition) is 1. The number of benzene rings is 3. The molecule has 10 heteroatoms. The van der Waals surface area contributed by atoms with E-state index in [4.69, 9.17) is 18.9 Å². The Bertz CT molecular complexity index is 1350. The minimum atomic E-state index is -0.479. The third-order valence-electron chi connectivity index (χ3n) is 4.61. The third kappa shape index (κ3) is 5.88. The number of rotatable bonds is 9. The van der Waals surface area contributed by atoms with Gasteiger partial charge in [0.2, 0.25) is 5.95 Å². The van der Waals surface area contributed by atoms with Crippen LogP contribution in [0.5, 0.6) is 29.3 Å². The fourth-order valence-electron chi connectivity index (χ4n) is 2.99. The molecule has 4 aromatic rings. The number of aromatic nitrogens is 3. The molecule has 1 heterocycles. The van der Waals surface area contributed by atoms with Crippen LogP contribution in [0.4, 0.5) is 11.6 Å². The van der Waals surface area contributed by atoms with E-state index in [1.165, 1.54) is 20.3 Å². The lowest BCUT2D eigenvalue weighted by atomic mass is 10.2. The zero-order valence-electron chi connectivity index (χ0n) is 18.8. The van der Waals surface area contributed by atoms with Crippen LogP contribution < -0.4 is 19.5 Å². The monoisotopic (exact) mass is 472 g/mol. The number of carbonyl (C=O) groups excluding carboxylic acids is 2. The first-order valence-electron chi connectivity index (χ1n) is 10.3. The van der Waals surface area contributed by atoms with Crippen molar-refractivity contribution in [1.82, 2.24) is 15.0 Å². The lowest BCUT2D eigenvalue weighted by molar-refractivity contribution is 0.0600. The second-order valence-corrected chi connectivity index (χ2v) is 6.97. The number of hydrogen-bond acceptors (Lipinski definition) is 10. The van der Waals surface area contributed by atoms with Crippen LogP contribution in [0, 0.1) is 0 Å². The van der Waals surface area contributed by atoms with E-state index in [1.54, 1.807) is 48.5 Å². The van der Waals surface area contributed by atoms with Gasteiger partial charge in [0.1, 0.15) is 12.0 Å². The topological polar surface area (TPSA) is 122 Å². The van der Waals surface area contributed by atoms with Crippen LogP contribution in [-0.2, 0) is 4.74 Å². The van der Waals surface area contributed by atoms with Crippen molar-refractivity contribution in [3.8, 4) is 29.3 Å². The van der Waals surface area contributed by atoms with Crippen LogP contribution in [0.15, 0.2) is 72.8 Å². The van der Waals surface area contributed by atoms with Crippen LogP contribution in [-0.4, -0.2) is 41.4 Å². The molecule has 0 radical (unpaired) electrons. The second kappa shape index (κ2) is 10.8. The molecule has 4 rings (SSSR count). The van der Waals surface area contributed by atoms with Gasteiger partial charge < -0.3 is 24.3 Å². The summed E-state index contributed by atoms with van der Waals surface area (Å²) >= 11 is 0. The first kappa shape index (κ1) is 23.2. The molecule has 10 nitrogen and oxygen atoms in total. The van der Waals surface area contributed by atoms with Gasteiger partial charge in [0.25, 0.3) is 0 Å². The smallest absolute Gasteiger partial charge is 0.337 e. The van der Waals surface area contributed by atoms with Crippen molar-refractivity contribution in [2.45, 2.75) is 0 Å². The Hall–Kier alpha value is -4.99. The van der Waals surface area contributed by atoms with Gasteiger partial charge in [-0.3, -0.25) is 4.79 Å². The first-order chi connectivity index (χ1) is 17.1.